The SMILES string of the molecule is CCCCS(=O)(=O)NCc1cccc(CO)c1. The van der Waals surface area contributed by atoms with Crippen molar-refractivity contribution in [2.24, 2.45) is 0 Å². The van der Waals surface area contributed by atoms with Gasteiger partial charge in [-0.05, 0) is 17.5 Å². The first-order valence-electron chi connectivity index (χ1n) is 5.73. The number of hydrogen-bond donors (Lipinski definition) is 2. The van der Waals surface area contributed by atoms with Gasteiger partial charge in [-0.15, -0.1) is 0 Å². The fourth-order valence-electron chi connectivity index (χ4n) is 1.44. The number of rotatable bonds is 7. The van der Waals surface area contributed by atoms with Crippen LogP contribution in [-0.4, -0.2) is 19.3 Å². The number of benzene rings is 1. The van der Waals surface area contributed by atoms with Gasteiger partial charge < -0.3 is 5.11 Å². The van der Waals surface area contributed by atoms with Gasteiger partial charge in [0.25, 0.3) is 0 Å². The topological polar surface area (TPSA) is 66.4 Å². The lowest BCUT2D eigenvalue weighted by molar-refractivity contribution is 0.281. The Balaban J connectivity index is 2.54. The van der Waals surface area contributed by atoms with E-state index in [0.717, 1.165) is 17.5 Å². The summed E-state index contributed by atoms with van der Waals surface area (Å²) in [6, 6.07) is 7.24. The standard InChI is InChI=1S/C12H19NO3S/c1-2-3-7-17(15,16)13-9-11-5-4-6-12(8-11)10-14/h4-6,8,13-14H,2-3,7,9-10H2,1H3. The molecule has 0 fully saturated rings. The van der Waals surface area contributed by atoms with Gasteiger partial charge in [0.2, 0.25) is 10.0 Å². The number of nitrogens with one attached hydrogen (secondary N) is 1. The second-order valence-electron chi connectivity index (χ2n) is 3.97. The van der Waals surface area contributed by atoms with Crippen molar-refractivity contribution in [3.63, 3.8) is 0 Å². The maximum Gasteiger partial charge on any atom is 0.211 e. The van der Waals surface area contributed by atoms with Gasteiger partial charge in [0.15, 0.2) is 0 Å². The molecular weight excluding hydrogens is 238 g/mol. The van der Waals surface area contributed by atoms with Gasteiger partial charge in [-0.3, -0.25) is 0 Å². The van der Waals surface area contributed by atoms with Crippen molar-refractivity contribution in [3.05, 3.63) is 35.4 Å². The Kier molecular flexibility index (Phi) is 5.61. The van der Waals surface area contributed by atoms with Crippen LogP contribution in [0.15, 0.2) is 24.3 Å². The smallest absolute Gasteiger partial charge is 0.211 e. The molecule has 0 saturated heterocycles. The molecule has 96 valence electrons. The van der Waals surface area contributed by atoms with E-state index in [9.17, 15) is 8.42 Å². The number of aliphatic hydroxyl groups is 1. The first kappa shape index (κ1) is 14.2. The van der Waals surface area contributed by atoms with Crippen molar-refractivity contribution in [3.8, 4) is 0 Å². The van der Waals surface area contributed by atoms with E-state index in [4.69, 9.17) is 5.11 Å². The maximum absolute atomic E-state index is 11.6. The van der Waals surface area contributed by atoms with Crippen LogP contribution in [0.1, 0.15) is 30.9 Å². The van der Waals surface area contributed by atoms with Crippen LogP contribution in [-0.2, 0) is 23.2 Å². The molecule has 0 spiro atoms. The van der Waals surface area contributed by atoms with Gasteiger partial charge in [-0.1, -0.05) is 37.6 Å². The first-order chi connectivity index (χ1) is 8.07. The Morgan fingerprint density at radius 2 is 2.00 bits per heavy atom. The lowest BCUT2D eigenvalue weighted by Gasteiger charge is -2.07. The van der Waals surface area contributed by atoms with Crippen molar-refractivity contribution in [1.82, 2.24) is 4.72 Å². The maximum atomic E-state index is 11.6. The molecule has 0 bridgehead atoms. The van der Waals surface area contributed by atoms with Gasteiger partial charge in [0.05, 0.1) is 12.4 Å². The Hall–Kier alpha value is -0.910. The summed E-state index contributed by atoms with van der Waals surface area (Å²) in [6.07, 6.45) is 1.53. The van der Waals surface area contributed by atoms with Crippen molar-refractivity contribution >= 4 is 10.0 Å². The highest BCUT2D eigenvalue weighted by molar-refractivity contribution is 7.89. The summed E-state index contributed by atoms with van der Waals surface area (Å²) >= 11 is 0. The van der Waals surface area contributed by atoms with Gasteiger partial charge in [0, 0.05) is 6.54 Å². The molecule has 0 atom stereocenters. The molecule has 17 heavy (non-hydrogen) atoms. The fourth-order valence-corrected chi connectivity index (χ4v) is 2.64. The zero-order valence-corrected chi connectivity index (χ0v) is 10.8. The van der Waals surface area contributed by atoms with Crippen molar-refractivity contribution in [2.75, 3.05) is 5.75 Å². The van der Waals surface area contributed by atoms with Gasteiger partial charge in [-0.2, -0.15) is 0 Å². The average molecular weight is 257 g/mol. The van der Waals surface area contributed by atoms with E-state index < -0.39 is 10.0 Å². The molecule has 0 aliphatic carbocycles. The highest BCUT2D eigenvalue weighted by Crippen LogP contribution is 2.05. The number of hydrogen-bond acceptors (Lipinski definition) is 3. The quantitative estimate of drug-likeness (QED) is 0.776. The summed E-state index contributed by atoms with van der Waals surface area (Å²) in [5.41, 5.74) is 1.65. The van der Waals surface area contributed by atoms with E-state index in [-0.39, 0.29) is 18.9 Å². The minimum Gasteiger partial charge on any atom is -0.392 e. The minimum atomic E-state index is -3.17. The number of aliphatic hydroxyl groups excluding tert-OH is 1. The van der Waals surface area contributed by atoms with Crippen LogP contribution in [0.5, 0.6) is 0 Å². The van der Waals surface area contributed by atoms with Crippen LogP contribution < -0.4 is 4.72 Å². The number of sulfonamides is 1. The average Bonchev–Trinajstić information content (AvgIpc) is 2.34. The van der Waals surface area contributed by atoms with Crippen LogP contribution in [0.3, 0.4) is 0 Å². The first-order valence-corrected chi connectivity index (χ1v) is 7.38. The van der Waals surface area contributed by atoms with E-state index in [1.165, 1.54) is 0 Å². The van der Waals surface area contributed by atoms with Crippen LogP contribution in [0.2, 0.25) is 0 Å². The minimum absolute atomic E-state index is 0.0313. The molecular formula is C12H19NO3S. The van der Waals surface area contributed by atoms with E-state index >= 15 is 0 Å². The molecule has 1 aromatic rings. The summed E-state index contributed by atoms with van der Waals surface area (Å²) < 4.78 is 25.7. The normalized spacial score (nSPS) is 11.6. The third-order valence-corrected chi connectivity index (χ3v) is 3.85. The summed E-state index contributed by atoms with van der Waals surface area (Å²) in [5, 5.41) is 8.97. The van der Waals surface area contributed by atoms with Crippen LogP contribution >= 0.6 is 0 Å². The van der Waals surface area contributed by atoms with E-state index in [1.807, 2.05) is 13.0 Å². The Labute approximate surface area is 103 Å². The molecule has 1 aromatic carbocycles. The second-order valence-corrected chi connectivity index (χ2v) is 5.90. The van der Waals surface area contributed by atoms with Crippen molar-refractivity contribution in [1.29, 1.82) is 0 Å². The zero-order chi connectivity index (χ0) is 12.7. The number of unbranched alkanes of at least 4 members (excludes halogenated alkanes) is 1. The summed E-state index contributed by atoms with van der Waals surface area (Å²) in [5.74, 6) is 0.170. The third-order valence-electron chi connectivity index (χ3n) is 2.44. The Morgan fingerprint density at radius 1 is 1.29 bits per heavy atom. The molecule has 0 aromatic heterocycles. The van der Waals surface area contributed by atoms with Crippen molar-refractivity contribution < 1.29 is 13.5 Å². The summed E-state index contributed by atoms with van der Waals surface area (Å²) in [7, 11) is -3.17. The van der Waals surface area contributed by atoms with Crippen LogP contribution in [0, 0.1) is 0 Å². The zero-order valence-electron chi connectivity index (χ0n) is 10.0. The molecule has 0 saturated carbocycles. The molecule has 1 rings (SSSR count). The van der Waals surface area contributed by atoms with Crippen LogP contribution in [0.4, 0.5) is 0 Å². The molecule has 0 amide bonds. The predicted octanol–water partition coefficient (Wildman–Crippen LogP) is 1.40. The highest BCUT2D eigenvalue weighted by Gasteiger charge is 2.08. The molecule has 0 aliphatic heterocycles. The molecule has 0 unspecified atom stereocenters. The van der Waals surface area contributed by atoms with E-state index in [0.29, 0.717) is 6.42 Å². The second kappa shape index (κ2) is 6.74. The summed E-state index contributed by atoms with van der Waals surface area (Å²) in [6.45, 7) is 2.20. The monoisotopic (exact) mass is 257 g/mol. The predicted molar refractivity (Wildman–Crippen MR) is 67.9 cm³/mol. The molecule has 0 radical (unpaired) electrons. The highest BCUT2D eigenvalue weighted by atomic mass is 32.2. The molecule has 5 heteroatoms. The van der Waals surface area contributed by atoms with Gasteiger partial charge in [0.1, 0.15) is 0 Å². The van der Waals surface area contributed by atoms with E-state index in [2.05, 4.69) is 4.72 Å². The lowest BCUT2D eigenvalue weighted by atomic mass is 10.1. The molecule has 4 nitrogen and oxygen atoms in total. The Bertz CT molecular complexity index is 443. The Morgan fingerprint density at radius 3 is 2.65 bits per heavy atom. The van der Waals surface area contributed by atoms with Gasteiger partial charge in [-0.25, -0.2) is 13.1 Å². The largest absolute Gasteiger partial charge is 0.392 e. The third kappa shape index (κ3) is 5.30. The van der Waals surface area contributed by atoms with Gasteiger partial charge >= 0.3 is 0 Å². The fraction of sp³-hybridized carbons (Fsp3) is 0.500. The van der Waals surface area contributed by atoms with E-state index in [1.54, 1.807) is 18.2 Å². The summed E-state index contributed by atoms with van der Waals surface area (Å²) in [4.78, 5) is 0. The molecule has 0 heterocycles. The molecule has 0 aliphatic rings. The molecule has 2 N–H and O–H groups in total. The lowest BCUT2D eigenvalue weighted by Crippen LogP contribution is -2.25. The van der Waals surface area contributed by atoms with Crippen molar-refractivity contribution in [2.45, 2.75) is 32.9 Å². The van der Waals surface area contributed by atoms with Crippen LogP contribution in [0.25, 0.3) is 0 Å².